The number of anilines is 1. The summed E-state index contributed by atoms with van der Waals surface area (Å²) in [5, 5.41) is 3.04. The van der Waals surface area contributed by atoms with Crippen LogP contribution in [0.15, 0.2) is 36.4 Å². The standard InChI is InChI=1S/C23H31NO4/c1-6-16(5)18-12-10-11-13-19(18)24-23(25)17-14-20(26-7-2)22(28-9-4)21(15-17)27-8-3/h10-16H,6-9H2,1-5H3,(H,24,25)/t16-/m0/s1. The second-order valence-electron chi connectivity index (χ2n) is 6.45. The van der Waals surface area contributed by atoms with Gasteiger partial charge in [0.2, 0.25) is 5.75 Å². The highest BCUT2D eigenvalue weighted by Crippen LogP contribution is 2.39. The van der Waals surface area contributed by atoms with Gasteiger partial charge in [0.15, 0.2) is 11.5 Å². The molecule has 0 saturated carbocycles. The van der Waals surface area contributed by atoms with Crippen LogP contribution < -0.4 is 19.5 Å². The maximum atomic E-state index is 13.0. The molecule has 1 N–H and O–H groups in total. The van der Waals surface area contributed by atoms with E-state index >= 15 is 0 Å². The molecule has 2 rings (SSSR count). The Hall–Kier alpha value is -2.69. The number of benzene rings is 2. The molecule has 28 heavy (non-hydrogen) atoms. The molecule has 5 heteroatoms. The van der Waals surface area contributed by atoms with E-state index in [9.17, 15) is 4.79 Å². The molecule has 0 fully saturated rings. The summed E-state index contributed by atoms with van der Waals surface area (Å²) in [6.07, 6.45) is 0.999. The van der Waals surface area contributed by atoms with Gasteiger partial charge in [0.25, 0.3) is 5.91 Å². The molecule has 5 nitrogen and oxygen atoms in total. The van der Waals surface area contributed by atoms with Gasteiger partial charge in [0, 0.05) is 11.3 Å². The maximum absolute atomic E-state index is 13.0. The van der Waals surface area contributed by atoms with Crippen LogP contribution in [-0.4, -0.2) is 25.7 Å². The monoisotopic (exact) mass is 385 g/mol. The van der Waals surface area contributed by atoms with Crippen LogP contribution in [0.3, 0.4) is 0 Å². The largest absolute Gasteiger partial charge is 0.490 e. The zero-order valence-electron chi connectivity index (χ0n) is 17.5. The first kappa shape index (κ1) is 21.6. The highest BCUT2D eigenvalue weighted by Gasteiger charge is 2.19. The van der Waals surface area contributed by atoms with Gasteiger partial charge in [-0.2, -0.15) is 0 Å². The number of hydrogen-bond donors (Lipinski definition) is 1. The predicted octanol–water partition coefficient (Wildman–Crippen LogP) is 5.65. The Morgan fingerprint density at radius 1 is 0.929 bits per heavy atom. The van der Waals surface area contributed by atoms with Gasteiger partial charge in [-0.1, -0.05) is 32.0 Å². The molecule has 2 aromatic carbocycles. The summed E-state index contributed by atoms with van der Waals surface area (Å²) in [4.78, 5) is 13.0. The molecule has 0 aromatic heterocycles. The summed E-state index contributed by atoms with van der Waals surface area (Å²) in [6, 6.07) is 11.3. The molecule has 0 aliphatic rings. The summed E-state index contributed by atoms with van der Waals surface area (Å²) in [5.74, 6) is 1.70. The van der Waals surface area contributed by atoms with Crippen molar-refractivity contribution < 1.29 is 19.0 Å². The summed E-state index contributed by atoms with van der Waals surface area (Å²) in [5.41, 5.74) is 2.42. The van der Waals surface area contributed by atoms with Crippen LogP contribution in [-0.2, 0) is 0 Å². The third-order valence-electron chi connectivity index (χ3n) is 4.52. The molecule has 0 spiro atoms. The fourth-order valence-corrected chi connectivity index (χ4v) is 2.97. The first-order valence-electron chi connectivity index (χ1n) is 10.0. The average molecular weight is 386 g/mol. The molecule has 1 atom stereocenters. The van der Waals surface area contributed by atoms with Gasteiger partial charge in [-0.25, -0.2) is 0 Å². The Kier molecular flexibility index (Phi) is 8.18. The van der Waals surface area contributed by atoms with Crippen LogP contribution in [0.2, 0.25) is 0 Å². The molecular weight excluding hydrogens is 354 g/mol. The first-order valence-corrected chi connectivity index (χ1v) is 10.0. The van der Waals surface area contributed by atoms with Gasteiger partial charge in [-0.15, -0.1) is 0 Å². The molecule has 0 saturated heterocycles. The molecule has 0 unspecified atom stereocenters. The predicted molar refractivity (Wildman–Crippen MR) is 113 cm³/mol. The van der Waals surface area contributed by atoms with Crippen molar-refractivity contribution in [1.29, 1.82) is 0 Å². The Morgan fingerprint density at radius 2 is 1.50 bits per heavy atom. The zero-order chi connectivity index (χ0) is 20.5. The number of nitrogens with one attached hydrogen (secondary N) is 1. The fourth-order valence-electron chi connectivity index (χ4n) is 2.97. The molecule has 0 radical (unpaired) electrons. The number of carbonyl (C=O) groups is 1. The van der Waals surface area contributed by atoms with Gasteiger partial charge in [-0.05, 0) is 56.9 Å². The van der Waals surface area contributed by atoms with Crippen LogP contribution in [0.5, 0.6) is 17.2 Å². The minimum atomic E-state index is -0.208. The van der Waals surface area contributed by atoms with Crippen LogP contribution in [0.25, 0.3) is 0 Å². The molecule has 0 heterocycles. The van der Waals surface area contributed by atoms with Crippen molar-refractivity contribution in [3.8, 4) is 17.2 Å². The highest BCUT2D eigenvalue weighted by molar-refractivity contribution is 6.05. The molecule has 152 valence electrons. The van der Waals surface area contributed by atoms with E-state index in [4.69, 9.17) is 14.2 Å². The summed E-state index contributed by atoms with van der Waals surface area (Å²) >= 11 is 0. The van der Waals surface area contributed by atoms with E-state index in [1.54, 1.807) is 12.1 Å². The number of rotatable bonds is 10. The van der Waals surface area contributed by atoms with E-state index in [0.29, 0.717) is 48.6 Å². The van der Waals surface area contributed by atoms with Crippen molar-refractivity contribution in [3.63, 3.8) is 0 Å². The molecule has 0 aliphatic carbocycles. The van der Waals surface area contributed by atoms with Crippen LogP contribution in [0.1, 0.15) is 62.9 Å². The van der Waals surface area contributed by atoms with E-state index < -0.39 is 0 Å². The van der Waals surface area contributed by atoms with Gasteiger partial charge in [-0.3, -0.25) is 4.79 Å². The minimum Gasteiger partial charge on any atom is -0.490 e. The van der Waals surface area contributed by atoms with Crippen LogP contribution in [0.4, 0.5) is 5.69 Å². The van der Waals surface area contributed by atoms with Crippen molar-refractivity contribution in [2.45, 2.75) is 47.0 Å². The van der Waals surface area contributed by atoms with Crippen molar-refractivity contribution >= 4 is 11.6 Å². The lowest BCUT2D eigenvalue weighted by molar-refractivity contribution is 0.102. The minimum absolute atomic E-state index is 0.208. The van der Waals surface area contributed by atoms with Crippen molar-refractivity contribution in [1.82, 2.24) is 0 Å². The fraction of sp³-hybridized carbons (Fsp3) is 0.435. The molecular formula is C23H31NO4. The number of para-hydroxylation sites is 1. The Bertz CT molecular complexity index is 761. The van der Waals surface area contributed by atoms with Crippen molar-refractivity contribution in [3.05, 3.63) is 47.5 Å². The number of ether oxygens (including phenoxy) is 3. The van der Waals surface area contributed by atoms with E-state index in [1.165, 1.54) is 0 Å². The second kappa shape index (κ2) is 10.6. The van der Waals surface area contributed by atoms with Gasteiger partial charge in [0.1, 0.15) is 0 Å². The average Bonchev–Trinajstić information content (AvgIpc) is 2.70. The lowest BCUT2D eigenvalue weighted by Gasteiger charge is -2.18. The molecule has 0 aliphatic heterocycles. The summed E-state index contributed by atoms with van der Waals surface area (Å²) < 4.78 is 17.1. The quantitative estimate of drug-likeness (QED) is 0.574. The van der Waals surface area contributed by atoms with Crippen molar-refractivity contribution in [2.75, 3.05) is 25.1 Å². The Labute approximate surface area is 168 Å². The van der Waals surface area contributed by atoms with Gasteiger partial charge >= 0.3 is 0 Å². The third-order valence-corrected chi connectivity index (χ3v) is 4.52. The maximum Gasteiger partial charge on any atom is 0.255 e. The zero-order valence-corrected chi connectivity index (χ0v) is 17.5. The molecule has 2 aromatic rings. The Balaban J connectivity index is 2.40. The molecule has 1 amide bonds. The van der Waals surface area contributed by atoms with E-state index in [1.807, 2.05) is 39.0 Å². The van der Waals surface area contributed by atoms with E-state index in [2.05, 4.69) is 25.2 Å². The number of hydrogen-bond acceptors (Lipinski definition) is 4. The number of carbonyl (C=O) groups excluding carboxylic acids is 1. The molecule has 0 bridgehead atoms. The summed E-state index contributed by atoms with van der Waals surface area (Å²) in [7, 11) is 0. The van der Waals surface area contributed by atoms with Crippen LogP contribution in [0, 0.1) is 0 Å². The SMILES string of the molecule is CCOc1cc(C(=O)Nc2ccccc2[C@@H](C)CC)cc(OCC)c1OCC. The van der Waals surface area contributed by atoms with Crippen molar-refractivity contribution in [2.24, 2.45) is 0 Å². The smallest absolute Gasteiger partial charge is 0.255 e. The second-order valence-corrected chi connectivity index (χ2v) is 6.45. The lowest BCUT2D eigenvalue weighted by atomic mass is 9.96. The van der Waals surface area contributed by atoms with Gasteiger partial charge in [0.05, 0.1) is 19.8 Å². The van der Waals surface area contributed by atoms with Gasteiger partial charge < -0.3 is 19.5 Å². The van der Waals surface area contributed by atoms with Crippen LogP contribution >= 0.6 is 0 Å². The van der Waals surface area contributed by atoms with E-state index in [0.717, 1.165) is 17.7 Å². The van der Waals surface area contributed by atoms with E-state index in [-0.39, 0.29) is 5.91 Å². The Morgan fingerprint density at radius 3 is 2.04 bits per heavy atom. The first-order chi connectivity index (χ1) is 13.5. The number of amides is 1. The summed E-state index contributed by atoms with van der Waals surface area (Å²) in [6.45, 7) is 11.4. The topological polar surface area (TPSA) is 56.8 Å². The third kappa shape index (κ3) is 5.18. The highest BCUT2D eigenvalue weighted by atomic mass is 16.5. The lowest BCUT2D eigenvalue weighted by Crippen LogP contribution is -2.15. The normalized spacial score (nSPS) is 11.6.